The summed E-state index contributed by atoms with van der Waals surface area (Å²) in [6, 6.07) is 9.87. The Labute approximate surface area is 106 Å². The molecule has 0 bridgehead atoms. The minimum absolute atomic E-state index is 0.0485. The average molecular weight is 245 g/mol. The molecule has 0 spiro atoms. The van der Waals surface area contributed by atoms with Crippen molar-refractivity contribution in [1.82, 2.24) is 4.90 Å². The smallest absolute Gasteiger partial charge is 0.253 e. The predicted octanol–water partition coefficient (Wildman–Crippen LogP) is 1.85. The monoisotopic (exact) mass is 245 g/mol. The van der Waals surface area contributed by atoms with E-state index in [4.69, 9.17) is 9.47 Å². The van der Waals surface area contributed by atoms with Gasteiger partial charge >= 0.3 is 0 Å². The topological polar surface area (TPSA) is 38.8 Å². The first-order chi connectivity index (χ1) is 8.66. The molecule has 4 nitrogen and oxygen atoms in total. The van der Waals surface area contributed by atoms with Crippen LogP contribution in [0.3, 0.4) is 0 Å². The third kappa shape index (κ3) is 1.39. The van der Waals surface area contributed by atoms with E-state index >= 15 is 0 Å². The number of nitrogens with zero attached hydrogens (tertiary/aromatic N) is 1. The molecule has 2 aliphatic heterocycles. The molecule has 1 aromatic carbocycles. The Bertz CT molecular complexity index is 511. The van der Waals surface area contributed by atoms with E-state index in [1.807, 2.05) is 37.3 Å². The van der Waals surface area contributed by atoms with Crippen LogP contribution < -0.4 is 0 Å². The summed E-state index contributed by atoms with van der Waals surface area (Å²) in [5.41, 5.74) is 0.326. The summed E-state index contributed by atoms with van der Waals surface area (Å²) in [7, 11) is 1.56. The van der Waals surface area contributed by atoms with Gasteiger partial charge in [-0.2, -0.15) is 0 Å². The molecule has 2 heterocycles. The zero-order valence-electron chi connectivity index (χ0n) is 10.4. The minimum Gasteiger partial charge on any atom is -0.496 e. The first-order valence-corrected chi connectivity index (χ1v) is 5.95. The van der Waals surface area contributed by atoms with Crippen molar-refractivity contribution in [3.8, 4) is 0 Å². The van der Waals surface area contributed by atoms with Gasteiger partial charge < -0.3 is 9.47 Å². The lowest BCUT2D eigenvalue weighted by atomic mass is 10.1. The van der Waals surface area contributed by atoms with Crippen LogP contribution in [0.2, 0.25) is 0 Å². The fraction of sp³-hybridized carbons (Fsp3) is 0.357. The fourth-order valence-corrected chi connectivity index (χ4v) is 2.72. The average Bonchev–Trinajstić information content (AvgIpc) is 2.86. The van der Waals surface area contributed by atoms with Crippen LogP contribution in [-0.4, -0.2) is 30.2 Å². The molecule has 0 radical (unpaired) electrons. The second kappa shape index (κ2) is 3.85. The number of carbonyl (C=O) groups is 1. The molecule has 3 rings (SSSR count). The van der Waals surface area contributed by atoms with Crippen molar-refractivity contribution in [3.63, 3.8) is 0 Å². The summed E-state index contributed by atoms with van der Waals surface area (Å²) in [5, 5.41) is 0. The zero-order valence-corrected chi connectivity index (χ0v) is 10.4. The summed E-state index contributed by atoms with van der Waals surface area (Å²) in [6.45, 7) is 2.36. The lowest BCUT2D eigenvalue weighted by molar-refractivity contribution is -0.137. The normalized spacial score (nSPS) is 30.3. The third-order valence-corrected chi connectivity index (χ3v) is 3.65. The molecule has 1 saturated heterocycles. The molecule has 0 N–H and O–H groups in total. The van der Waals surface area contributed by atoms with Crippen molar-refractivity contribution in [1.29, 1.82) is 0 Å². The van der Waals surface area contributed by atoms with Gasteiger partial charge in [-0.1, -0.05) is 30.3 Å². The Balaban J connectivity index is 1.98. The molecule has 0 aliphatic carbocycles. The number of rotatable bonds is 2. The highest BCUT2D eigenvalue weighted by atomic mass is 16.6. The Morgan fingerprint density at radius 2 is 2.11 bits per heavy atom. The van der Waals surface area contributed by atoms with Crippen molar-refractivity contribution in [2.45, 2.75) is 18.7 Å². The Hall–Kier alpha value is -1.81. The minimum atomic E-state index is -0.758. The Morgan fingerprint density at radius 1 is 1.39 bits per heavy atom. The van der Waals surface area contributed by atoms with Crippen molar-refractivity contribution in [3.05, 3.63) is 47.7 Å². The summed E-state index contributed by atoms with van der Waals surface area (Å²) in [6.07, 6.45) is 1.51. The molecule has 2 aliphatic rings. The van der Waals surface area contributed by atoms with Crippen molar-refractivity contribution >= 4 is 5.91 Å². The van der Waals surface area contributed by atoms with Gasteiger partial charge in [0.1, 0.15) is 0 Å². The van der Waals surface area contributed by atoms with E-state index in [-0.39, 0.29) is 11.9 Å². The molecule has 0 aromatic heterocycles. The lowest BCUT2D eigenvalue weighted by Gasteiger charge is -2.31. The van der Waals surface area contributed by atoms with Crippen LogP contribution >= 0.6 is 0 Å². The maximum atomic E-state index is 12.1. The van der Waals surface area contributed by atoms with Gasteiger partial charge in [0.15, 0.2) is 11.5 Å². The Kier molecular flexibility index (Phi) is 2.41. The third-order valence-electron chi connectivity index (χ3n) is 3.65. The number of carbonyl (C=O) groups excluding carboxylic acids is 1. The van der Waals surface area contributed by atoms with Crippen LogP contribution in [0.4, 0.5) is 0 Å². The van der Waals surface area contributed by atoms with E-state index in [1.165, 1.54) is 6.08 Å². The van der Waals surface area contributed by atoms with Crippen LogP contribution in [0.25, 0.3) is 0 Å². The van der Waals surface area contributed by atoms with Crippen LogP contribution in [0.5, 0.6) is 0 Å². The first-order valence-electron chi connectivity index (χ1n) is 5.95. The number of methoxy groups -OCH3 is 1. The van der Waals surface area contributed by atoms with Gasteiger partial charge in [0.25, 0.3) is 5.91 Å². The SMILES string of the molecule is COC1=CC(=O)N2[C@@H](c3ccccc3)CO[C@]12C. The summed E-state index contributed by atoms with van der Waals surface area (Å²) in [4.78, 5) is 13.9. The molecule has 1 aromatic rings. The van der Waals surface area contributed by atoms with Crippen LogP contribution in [0.1, 0.15) is 18.5 Å². The number of hydrogen-bond acceptors (Lipinski definition) is 3. The second-order valence-electron chi connectivity index (χ2n) is 4.64. The molecule has 2 atom stereocenters. The molecule has 0 saturated carbocycles. The van der Waals surface area contributed by atoms with Crippen molar-refractivity contribution in [2.75, 3.05) is 13.7 Å². The van der Waals surface area contributed by atoms with E-state index in [9.17, 15) is 4.79 Å². The Morgan fingerprint density at radius 3 is 2.78 bits per heavy atom. The maximum absolute atomic E-state index is 12.1. The number of amides is 1. The van der Waals surface area contributed by atoms with Gasteiger partial charge in [0.05, 0.1) is 19.8 Å². The zero-order chi connectivity index (χ0) is 12.8. The van der Waals surface area contributed by atoms with E-state index < -0.39 is 5.72 Å². The number of fused-ring (bicyclic) bond motifs is 1. The van der Waals surface area contributed by atoms with E-state index in [1.54, 1.807) is 12.0 Å². The van der Waals surface area contributed by atoms with Crippen molar-refractivity contribution in [2.24, 2.45) is 0 Å². The standard InChI is InChI=1S/C14H15NO3/c1-14-12(17-2)8-13(16)15(14)11(9-18-14)10-6-4-3-5-7-10/h3-8,11H,9H2,1-2H3/t11-,14-/m1/s1. The first kappa shape index (κ1) is 11.3. The number of ether oxygens (including phenoxy) is 2. The summed E-state index contributed by atoms with van der Waals surface area (Å²) >= 11 is 0. The molecule has 1 fully saturated rings. The van der Waals surface area contributed by atoms with E-state index in [0.717, 1.165) is 5.56 Å². The van der Waals surface area contributed by atoms with Gasteiger partial charge in [-0.3, -0.25) is 9.69 Å². The number of hydrogen-bond donors (Lipinski definition) is 0. The predicted molar refractivity (Wildman–Crippen MR) is 65.5 cm³/mol. The number of benzene rings is 1. The second-order valence-corrected chi connectivity index (χ2v) is 4.64. The van der Waals surface area contributed by atoms with Gasteiger partial charge in [-0.05, 0) is 12.5 Å². The highest BCUT2D eigenvalue weighted by Crippen LogP contribution is 2.44. The highest BCUT2D eigenvalue weighted by molar-refractivity contribution is 5.92. The van der Waals surface area contributed by atoms with Gasteiger partial charge in [-0.15, -0.1) is 0 Å². The quantitative estimate of drug-likeness (QED) is 0.798. The molecule has 94 valence electrons. The lowest BCUT2D eigenvalue weighted by Crippen LogP contribution is -2.43. The summed E-state index contributed by atoms with van der Waals surface area (Å²) < 4.78 is 11.1. The van der Waals surface area contributed by atoms with Gasteiger partial charge in [-0.25, -0.2) is 0 Å². The largest absolute Gasteiger partial charge is 0.496 e. The van der Waals surface area contributed by atoms with Crippen LogP contribution in [-0.2, 0) is 14.3 Å². The van der Waals surface area contributed by atoms with Crippen LogP contribution in [0.15, 0.2) is 42.2 Å². The van der Waals surface area contributed by atoms with Gasteiger partial charge in [0, 0.05) is 6.08 Å². The van der Waals surface area contributed by atoms with Gasteiger partial charge in [0.2, 0.25) is 0 Å². The molecular weight excluding hydrogens is 230 g/mol. The highest BCUT2D eigenvalue weighted by Gasteiger charge is 2.54. The summed E-state index contributed by atoms with van der Waals surface area (Å²) in [5.74, 6) is 0.520. The molecule has 1 amide bonds. The van der Waals surface area contributed by atoms with E-state index in [2.05, 4.69) is 0 Å². The van der Waals surface area contributed by atoms with E-state index in [0.29, 0.717) is 12.4 Å². The fourth-order valence-electron chi connectivity index (χ4n) is 2.72. The van der Waals surface area contributed by atoms with Crippen molar-refractivity contribution < 1.29 is 14.3 Å². The van der Waals surface area contributed by atoms with Crippen LogP contribution in [0, 0.1) is 0 Å². The molecule has 0 unspecified atom stereocenters. The molecular formula is C14H15NO3. The molecule has 4 heteroatoms. The maximum Gasteiger partial charge on any atom is 0.253 e. The molecule has 18 heavy (non-hydrogen) atoms.